The summed E-state index contributed by atoms with van der Waals surface area (Å²) in [7, 11) is 0. The Morgan fingerprint density at radius 1 is 1.27 bits per heavy atom. The molecule has 4 nitrogen and oxygen atoms in total. The first-order valence-electron chi connectivity index (χ1n) is 7.46. The molecule has 3 rings (SSSR count). The quantitative estimate of drug-likeness (QED) is 0.944. The third-order valence-corrected chi connectivity index (χ3v) is 3.92. The summed E-state index contributed by atoms with van der Waals surface area (Å²) in [5, 5.41) is 12.1. The monoisotopic (exact) mass is 296 g/mol. The maximum Gasteiger partial charge on any atom is 0.133 e. The van der Waals surface area contributed by atoms with Crippen LogP contribution in [0.15, 0.2) is 18.2 Å². The van der Waals surface area contributed by atoms with Crippen LogP contribution in [0.4, 0.5) is 10.2 Å². The fraction of sp³-hybridized carbons (Fsp3) is 0.353. The van der Waals surface area contributed by atoms with E-state index in [1.54, 1.807) is 6.07 Å². The van der Waals surface area contributed by atoms with Crippen LogP contribution < -0.4 is 5.32 Å². The van der Waals surface area contributed by atoms with E-state index in [9.17, 15) is 4.39 Å². The van der Waals surface area contributed by atoms with E-state index in [1.807, 2.05) is 13.0 Å². The Bertz CT molecular complexity index is 749. The van der Waals surface area contributed by atoms with Gasteiger partial charge >= 0.3 is 0 Å². The number of nitrogens with one attached hydrogen (secondary N) is 1. The zero-order valence-corrected chi connectivity index (χ0v) is 12.5. The number of rotatable bonds is 3. The smallest absolute Gasteiger partial charge is 0.133 e. The van der Waals surface area contributed by atoms with Gasteiger partial charge in [-0.2, -0.15) is 5.26 Å². The molecule has 1 aromatic heterocycles. The third kappa shape index (κ3) is 2.91. The summed E-state index contributed by atoms with van der Waals surface area (Å²) in [5.41, 5.74) is 3.18. The molecule has 0 spiro atoms. The number of aryl methyl sites for hydroxylation is 2. The summed E-state index contributed by atoms with van der Waals surface area (Å²) in [5.74, 6) is 1.21. The van der Waals surface area contributed by atoms with Gasteiger partial charge in [-0.1, -0.05) is 0 Å². The second-order valence-corrected chi connectivity index (χ2v) is 5.52. The molecule has 22 heavy (non-hydrogen) atoms. The molecule has 0 amide bonds. The zero-order valence-electron chi connectivity index (χ0n) is 12.5. The highest BCUT2D eigenvalue weighted by atomic mass is 19.1. The second kappa shape index (κ2) is 6.10. The molecule has 5 heteroatoms. The lowest BCUT2D eigenvalue weighted by molar-refractivity contribution is 0.612. The highest BCUT2D eigenvalue weighted by molar-refractivity contribution is 5.48. The summed E-state index contributed by atoms with van der Waals surface area (Å²) >= 11 is 0. The topological polar surface area (TPSA) is 61.6 Å². The third-order valence-electron chi connectivity index (χ3n) is 3.92. The molecule has 0 saturated heterocycles. The maximum absolute atomic E-state index is 13.8. The van der Waals surface area contributed by atoms with Crippen LogP contribution >= 0.6 is 0 Å². The Balaban J connectivity index is 1.85. The van der Waals surface area contributed by atoms with E-state index in [2.05, 4.69) is 15.3 Å². The summed E-state index contributed by atoms with van der Waals surface area (Å²) in [6.45, 7) is 2.18. The minimum absolute atomic E-state index is 0.310. The Labute approximate surface area is 129 Å². The van der Waals surface area contributed by atoms with Crippen molar-refractivity contribution >= 4 is 5.82 Å². The predicted molar refractivity (Wildman–Crippen MR) is 81.9 cm³/mol. The Kier molecular flexibility index (Phi) is 4.01. The summed E-state index contributed by atoms with van der Waals surface area (Å²) in [6, 6.07) is 6.42. The molecule has 0 radical (unpaired) electrons. The van der Waals surface area contributed by atoms with E-state index in [0.29, 0.717) is 17.7 Å². The van der Waals surface area contributed by atoms with Gasteiger partial charge in [0.2, 0.25) is 0 Å². The van der Waals surface area contributed by atoms with E-state index in [-0.39, 0.29) is 5.82 Å². The molecule has 1 aliphatic carbocycles. The van der Waals surface area contributed by atoms with Crippen molar-refractivity contribution in [2.75, 3.05) is 5.32 Å². The van der Waals surface area contributed by atoms with Crippen LogP contribution in [0.3, 0.4) is 0 Å². The van der Waals surface area contributed by atoms with Crippen LogP contribution in [0.2, 0.25) is 0 Å². The van der Waals surface area contributed by atoms with E-state index < -0.39 is 0 Å². The molecule has 0 unspecified atom stereocenters. The Morgan fingerprint density at radius 2 is 2.09 bits per heavy atom. The summed E-state index contributed by atoms with van der Waals surface area (Å²) in [6.07, 6.45) is 4.22. The number of fused-ring (bicyclic) bond motifs is 1. The van der Waals surface area contributed by atoms with Gasteiger partial charge in [0.05, 0.1) is 11.6 Å². The van der Waals surface area contributed by atoms with Gasteiger partial charge in [0.25, 0.3) is 0 Å². The zero-order chi connectivity index (χ0) is 15.5. The lowest BCUT2D eigenvalue weighted by Gasteiger charge is -2.19. The van der Waals surface area contributed by atoms with Crippen molar-refractivity contribution in [3.05, 3.63) is 52.2 Å². The van der Waals surface area contributed by atoms with E-state index in [1.165, 1.54) is 12.1 Å². The van der Waals surface area contributed by atoms with Crippen molar-refractivity contribution in [1.82, 2.24) is 9.97 Å². The number of hydrogen-bond donors (Lipinski definition) is 1. The number of aromatic nitrogens is 2. The standard InChI is InChI=1S/C17H17FN4/c1-11-21-16-5-3-2-4-14(16)17(22-11)20-10-13-8-12(9-19)6-7-15(13)18/h6-8H,2-5,10H2,1H3,(H,20,21,22). The lowest BCUT2D eigenvalue weighted by atomic mass is 9.96. The molecule has 1 aromatic carbocycles. The highest BCUT2D eigenvalue weighted by Gasteiger charge is 2.17. The fourth-order valence-corrected chi connectivity index (χ4v) is 2.82. The van der Waals surface area contributed by atoms with Crippen LogP contribution in [0.1, 0.15) is 41.1 Å². The molecular formula is C17H17FN4. The average Bonchev–Trinajstić information content (AvgIpc) is 2.53. The fourth-order valence-electron chi connectivity index (χ4n) is 2.82. The molecule has 0 aliphatic heterocycles. The number of halogens is 1. The van der Waals surface area contributed by atoms with Crippen LogP contribution in [0.25, 0.3) is 0 Å². The Hall–Kier alpha value is -2.48. The molecule has 2 aromatic rings. The Morgan fingerprint density at radius 3 is 2.91 bits per heavy atom. The molecule has 0 fully saturated rings. The summed E-state index contributed by atoms with van der Waals surface area (Å²) < 4.78 is 13.8. The van der Waals surface area contributed by atoms with Crippen LogP contribution in [-0.4, -0.2) is 9.97 Å². The number of benzene rings is 1. The van der Waals surface area contributed by atoms with E-state index in [4.69, 9.17) is 5.26 Å². The minimum atomic E-state index is -0.314. The first kappa shape index (κ1) is 14.5. The second-order valence-electron chi connectivity index (χ2n) is 5.52. The molecule has 1 N–H and O–H groups in total. The van der Waals surface area contributed by atoms with Gasteiger partial charge in [-0.05, 0) is 50.8 Å². The number of nitriles is 1. The molecular weight excluding hydrogens is 279 g/mol. The van der Waals surface area contributed by atoms with Crippen molar-refractivity contribution in [2.45, 2.75) is 39.2 Å². The minimum Gasteiger partial charge on any atom is -0.366 e. The number of hydrogen-bond acceptors (Lipinski definition) is 4. The molecule has 1 heterocycles. The van der Waals surface area contributed by atoms with Crippen LogP contribution in [-0.2, 0) is 19.4 Å². The van der Waals surface area contributed by atoms with Gasteiger partial charge < -0.3 is 5.32 Å². The van der Waals surface area contributed by atoms with Gasteiger partial charge in [-0.15, -0.1) is 0 Å². The normalized spacial score (nSPS) is 13.3. The molecule has 0 saturated carbocycles. The molecule has 1 aliphatic rings. The lowest BCUT2D eigenvalue weighted by Crippen LogP contribution is -2.14. The van der Waals surface area contributed by atoms with Crippen molar-refractivity contribution in [3.63, 3.8) is 0 Å². The molecule has 0 bridgehead atoms. The van der Waals surface area contributed by atoms with Crippen molar-refractivity contribution in [1.29, 1.82) is 5.26 Å². The molecule has 0 atom stereocenters. The van der Waals surface area contributed by atoms with Crippen LogP contribution in [0, 0.1) is 24.1 Å². The van der Waals surface area contributed by atoms with Crippen molar-refractivity contribution < 1.29 is 4.39 Å². The first-order chi connectivity index (χ1) is 10.7. The largest absolute Gasteiger partial charge is 0.366 e. The SMILES string of the molecule is Cc1nc2c(c(NCc3cc(C#N)ccc3F)n1)CCCC2. The van der Waals surface area contributed by atoms with E-state index in [0.717, 1.165) is 48.6 Å². The predicted octanol–water partition coefficient (Wildman–Crippen LogP) is 3.29. The summed E-state index contributed by atoms with van der Waals surface area (Å²) in [4.78, 5) is 8.97. The van der Waals surface area contributed by atoms with Gasteiger partial charge in [0, 0.05) is 23.4 Å². The van der Waals surface area contributed by atoms with E-state index >= 15 is 0 Å². The average molecular weight is 296 g/mol. The number of nitrogens with zero attached hydrogens (tertiary/aromatic N) is 3. The molecule has 112 valence electrons. The van der Waals surface area contributed by atoms with Crippen molar-refractivity contribution in [3.8, 4) is 6.07 Å². The highest BCUT2D eigenvalue weighted by Crippen LogP contribution is 2.26. The van der Waals surface area contributed by atoms with Crippen LogP contribution in [0.5, 0.6) is 0 Å². The number of anilines is 1. The van der Waals surface area contributed by atoms with Gasteiger partial charge in [-0.25, -0.2) is 14.4 Å². The van der Waals surface area contributed by atoms with Gasteiger partial charge in [-0.3, -0.25) is 0 Å². The van der Waals surface area contributed by atoms with Gasteiger partial charge in [0.1, 0.15) is 17.5 Å². The maximum atomic E-state index is 13.8. The van der Waals surface area contributed by atoms with Crippen molar-refractivity contribution in [2.24, 2.45) is 0 Å². The first-order valence-corrected chi connectivity index (χ1v) is 7.46. The van der Waals surface area contributed by atoms with Gasteiger partial charge in [0.15, 0.2) is 0 Å².